The maximum Gasteiger partial charge on any atom is 0.355 e. The van der Waals surface area contributed by atoms with Crippen LogP contribution in [0.1, 0.15) is 28.7 Å². The van der Waals surface area contributed by atoms with E-state index in [1.807, 2.05) is 0 Å². The van der Waals surface area contributed by atoms with Gasteiger partial charge in [0.05, 0.1) is 26.5 Å². The molecule has 2 rings (SSSR count). The van der Waals surface area contributed by atoms with Crippen molar-refractivity contribution < 1.29 is 27.4 Å². The third-order valence-electron chi connectivity index (χ3n) is 3.77. The molecule has 9 heteroatoms. The van der Waals surface area contributed by atoms with Crippen LogP contribution in [-0.4, -0.2) is 40.2 Å². The summed E-state index contributed by atoms with van der Waals surface area (Å²) in [7, 11) is -1.07. The Labute approximate surface area is 152 Å². The second-order valence-corrected chi connectivity index (χ2v) is 7.09. The highest BCUT2D eigenvalue weighted by atomic mass is 32.2. The van der Waals surface area contributed by atoms with E-state index in [1.165, 1.54) is 20.3 Å². The molecule has 0 amide bonds. The smallest absolute Gasteiger partial charge is 0.355 e. The zero-order valence-electron chi connectivity index (χ0n) is 15.3. The Morgan fingerprint density at radius 3 is 2.46 bits per heavy atom. The van der Waals surface area contributed by atoms with Gasteiger partial charge in [0.15, 0.2) is 0 Å². The first-order valence-electron chi connectivity index (χ1n) is 7.86. The van der Waals surface area contributed by atoms with Gasteiger partial charge in [0.1, 0.15) is 22.1 Å². The van der Waals surface area contributed by atoms with E-state index in [-0.39, 0.29) is 28.4 Å². The highest BCUT2D eigenvalue weighted by Crippen LogP contribution is 2.32. The summed E-state index contributed by atoms with van der Waals surface area (Å²) in [5, 5.41) is 0. The molecule has 0 aliphatic heterocycles. The van der Waals surface area contributed by atoms with Crippen molar-refractivity contribution in [2.75, 3.05) is 25.5 Å². The molecule has 1 aromatic heterocycles. The highest BCUT2D eigenvalue weighted by molar-refractivity contribution is 7.92. The van der Waals surface area contributed by atoms with Crippen molar-refractivity contribution in [3.63, 3.8) is 0 Å². The number of sulfonamides is 1. The van der Waals surface area contributed by atoms with Gasteiger partial charge in [-0.25, -0.2) is 13.2 Å². The van der Waals surface area contributed by atoms with Crippen molar-refractivity contribution >= 4 is 21.7 Å². The molecule has 0 saturated carbocycles. The van der Waals surface area contributed by atoms with Crippen molar-refractivity contribution in [3.8, 4) is 11.5 Å². The van der Waals surface area contributed by atoms with Crippen LogP contribution in [0.3, 0.4) is 0 Å². The Hall–Kier alpha value is -2.68. The summed E-state index contributed by atoms with van der Waals surface area (Å²) >= 11 is 0. The van der Waals surface area contributed by atoms with Gasteiger partial charge in [-0.15, -0.1) is 0 Å². The Morgan fingerprint density at radius 1 is 1.19 bits per heavy atom. The number of benzene rings is 1. The van der Waals surface area contributed by atoms with Crippen molar-refractivity contribution in [1.29, 1.82) is 0 Å². The molecule has 0 spiro atoms. The number of carbonyl (C=O) groups excluding carboxylic acids is 1. The van der Waals surface area contributed by atoms with Gasteiger partial charge in [-0.3, -0.25) is 4.72 Å². The predicted molar refractivity (Wildman–Crippen MR) is 96.6 cm³/mol. The Balaban J connectivity index is 2.48. The van der Waals surface area contributed by atoms with E-state index in [2.05, 4.69) is 9.71 Å². The predicted octanol–water partition coefficient (Wildman–Crippen LogP) is 2.63. The van der Waals surface area contributed by atoms with Gasteiger partial charge in [-0.1, -0.05) is 0 Å². The van der Waals surface area contributed by atoms with Crippen molar-refractivity contribution in [1.82, 2.24) is 4.98 Å². The quantitative estimate of drug-likeness (QED) is 0.713. The molecule has 142 valence electrons. The monoisotopic (exact) mass is 382 g/mol. The summed E-state index contributed by atoms with van der Waals surface area (Å²) in [5.74, 6) is 0.206. The van der Waals surface area contributed by atoms with E-state index in [0.29, 0.717) is 17.2 Å². The number of esters is 1. The van der Waals surface area contributed by atoms with Gasteiger partial charge in [0, 0.05) is 17.3 Å². The lowest BCUT2D eigenvalue weighted by Gasteiger charge is -2.13. The summed E-state index contributed by atoms with van der Waals surface area (Å²) in [5.41, 5.74) is 0.960. The van der Waals surface area contributed by atoms with Gasteiger partial charge < -0.3 is 19.2 Å². The molecule has 0 bridgehead atoms. The van der Waals surface area contributed by atoms with Gasteiger partial charge in [0.25, 0.3) is 10.0 Å². The first-order chi connectivity index (χ1) is 12.2. The molecule has 2 aromatic rings. The lowest BCUT2D eigenvalue weighted by Crippen LogP contribution is -2.15. The fourth-order valence-electron chi connectivity index (χ4n) is 2.63. The second kappa shape index (κ2) is 7.69. The van der Waals surface area contributed by atoms with Crippen molar-refractivity contribution in [3.05, 3.63) is 35.2 Å². The van der Waals surface area contributed by atoms with Crippen LogP contribution in [0.25, 0.3) is 0 Å². The van der Waals surface area contributed by atoms with Crippen LogP contribution in [0.5, 0.6) is 11.5 Å². The number of anilines is 1. The number of nitrogens with one attached hydrogen (secondary N) is 2. The van der Waals surface area contributed by atoms with E-state index >= 15 is 0 Å². The summed E-state index contributed by atoms with van der Waals surface area (Å²) in [6.45, 7) is 5.00. The summed E-state index contributed by atoms with van der Waals surface area (Å²) < 4.78 is 43.6. The Bertz CT molecular complexity index is 918. The van der Waals surface area contributed by atoms with Gasteiger partial charge >= 0.3 is 5.97 Å². The average Bonchev–Trinajstić information content (AvgIpc) is 2.89. The molecule has 0 saturated heterocycles. The van der Waals surface area contributed by atoms with Crippen LogP contribution in [0.2, 0.25) is 0 Å². The molecule has 0 aliphatic carbocycles. The molecule has 0 radical (unpaired) electrons. The number of hydrogen-bond donors (Lipinski definition) is 2. The van der Waals surface area contributed by atoms with Crippen LogP contribution in [0, 0.1) is 13.8 Å². The molecular formula is C17H22N2O6S. The van der Waals surface area contributed by atoms with Crippen LogP contribution < -0.4 is 14.2 Å². The number of H-pyrrole nitrogens is 1. The maximum absolute atomic E-state index is 12.9. The number of aromatic nitrogens is 1. The number of methoxy groups -OCH3 is 2. The molecule has 2 N–H and O–H groups in total. The SMILES string of the molecule is CCOC(=O)c1[nH]c(C)c(S(=O)(=O)Nc2cc(OC)ccc2OC)c1C. The Kier molecular flexibility index (Phi) is 5.81. The summed E-state index contributed by atoms with van der Waals surface area (Å²) in [6.07, 6.45) is 0. The van der Waals surface area contributed by atoms with Crippen LogP contribution in [-0.2, 0) is 14.8 Å². The third-order valence-corrected chi connectivity index (χ3v) is 5.41. The normalized spacial score (nSPS) is 11.1. The minimum Gasteiger partial charge on any atom is -0.497 e. The fourth-order valence-corrected chi connectivity index (χ4v) is 4.14. The third kappa shape index (κ3) is 3.77. The highest BCUT2D eigenvalue weighted by Gasteiger charge is 2.28. The summed E-state index contributed by atoms with van der Waals surface area (Å²) in [6, 6.07) is 4.76. The zero-order chi connectivity index (χ0) is 19.5. The van der Waals surface area contributed by atoms with Gasteiger partial charge in [0.2, 0.25) is 0 Å². The minimum atomic E-state index is -3.98. The lowest BCUT2D eigenvalue weighted by atomic mass is 10.2. The average molecular weight is 382 g/mol. The van der Waals surface area contributed by atoms with Gasteiger partial charge in [-0.05, 0) is 32.9 Å². The molecule has 26 heavy (non-hydrogen) atoms. The molecule has 1 heterocycles. The van der Waals surface area contributed by atoms with E-state index < -0.39 is 16.0 Å². The Morgan fingerprint density at radius 2 is 1.88 bits per heavy atom. The topological polar surface area (TPSA) is 107 Å². The number of hydrogen-bond acceptors (Lipinski definition) is 6. The number of aryl methyl sites for hydroxylation is 1. The molecule has 8 nitrogen and oxygen atoms in total. The first kappa shape index (κ1) is 19.6. The second-order valence-electron chi connectivity index (χ2n) is 5.47. The molecular weight excluding hydrogens is 360 g/mol. The fraction of sp³-hybridized carbons (Fsp3) is 0.353. The number of ether oxygens (including phenoxy) is 3. The van der Waals surface area contributed by atoms with Crippen molar-refractivity contribution in [2.45, 2.75) is 25.7 Å². The largest absolute Gasteiger partial charge is 0.497 e. The lowest BCUT2D eigenvalue weighted by molar-refractivity contribution is 0.0519. The number of rotatable bonds is 7. The summed E-state index contributed by atoms with van der Waals surface area (Å²) in [4.78, 5) is 14.8. The first-order valence-corrected chi connectivity index (χ1v) is 9.34. The van der Waals surface area contributed by atoms with Crippen LogP contribution in [0.4, 0.5) is 5.69 Å². The van der Waals surface area contributed by atoms with Crippen molar-refractivity contribution in [2.24, 2.45) is 0 Å². The molecule has 0 aliphatic rings. The van der Waals surface area contributed by atoms with E-state index in [1.54, 1.807) is 32.9 Å². The number of carbonyl (C=O) groups is 1. The zero-order valence-corrected chi connectivity index (χ0v) is 16.1. The van der Waals surface area contributed by atoms with Crippen LogP contribution >= 0.6 is 0 Å². The maximum atomic E-state index is 12.9. The molecule has 0 fully saturated rings. The molecule has 1 aromatic carbocycles. The minimum absolute atomic E-state index is 0.00886. The van der Waals surface area contributed by atoms with E-state index in [4.69, 9.17) is 14.2 Å². The van der Waals surface area contributed by atoms with Gasteiger partial charge in [-0.2, -0.15) is 0 Å². The standard InChI is InChI=1S/C17H22N2O6S/c1-6-25-17(20)15-10(2)16(11(3)18-15)26(21,22)19-13-9-12(23-4)7-8-14(13)24-5/h7-9,18-19H,6H2,1-5H3. The molecule has 0 atom stereocenters. The van der Waals surface area contributed by atoms with Crippen LogP contribution in [0.15, 0.2) is 23.1 Å². The van der Waals surface area contributed by atoms with E-state index in [9.17, 15) is 13.2 Å². The number of aromatic amines is 1. The molecule has 0 unspecified atom stereocenters. The van der Waals surface area contributed by atoms with E-state index in [0.717, 1.165) is 0 Å².